The fourth-order valence-corrected chi connectivity index (χ4v) is 2.33. The molecule has 0 bridgehead atoms. The predicted octanol–water partition coefficient (Wildman–Crippen LogP) is 1.07. The van der Waals surface area contributed by atoms with E-state index in [9.17, 15) is 14.4 Å². The number of para-hydroxylation sites is 1. The average molecular weight is 329 g/mol. The molecule has 1 atom stereocenters. The molecule has 1 aliphatic carbocycles. The maximum absolute atomic E-state index is 12.0. The Morgan fingerprint density at radius 3 is 2.88 bits per heavy atom. The number of amides is 1. The van der Waals surface area contributed by atoms with E-state index < -0.39 is 12.1 Å². The summed E-state index contributed by atoms with van der Waals surface area (Å²) in [5.74, 6) is -0.349. The molecule has 2 N–H and O–H groups in total. The Kier molecular flexibility index (Phi) is 4.59. The van der Waals surface area contributed by atoms with Gasteiger partial charge < -0.3 is 15.0 Å². The summed E-state index contributed by atoms with van der Waals surface area (Å²) in [6, 6.07) is 7.23. The molecule has 0 aliphatic heterocycles. The van der Waals surface area contributed by atoms with E-state index in [1.807, 2.05) is 0 Å². The van der Waals surface area contributed by atoms with Crippen LogP contribution in [0.1, 0.15) is 32.0 Å². The van der Waals surface area contributed by atoms with Gasteiger partial charge in [-0.3, -0.25) is 14.4 Å². The van der Waals surface area contributed by atoms with Crippen molar-refractivity contribution in [3.63, 3.8) is 0 Å². The van der Waals surface area contributed by atoms with E-state index >= 15 is 0 Å². The number of fused-ring (bicyclic) bond motifs is 1. The van der Waals surface area contributed by atoms with Gasteiger partial charge in [0.25, 0.3) is 11.5 Å². The van der Waals surface area contributed by atoms with Gasteiger partial charge in [0, 0.05) is 12.5 Å². The molecule has 1 saturated carbocycles. The summed E-state index contributed by atoms with van der Waals surface area (Å²) in [4.78, 5) is 42.6. The number of rotatable bonds is 6. The van der Waals surface area contributed by atoms with Crippen LogP contribution in [0.5, 0.6) is 0 Å². The largest absolute Gasteiger partial charge is 0.453 e. The molecule has 7 nitrogen and oxygen atoms in total. The first kappa shape index (κ1) is 16.2. The molecule has 0 spiro atoms. The van der Waals surface area contributed by atoms with Gasteiger partial charge in [-0.1, -0.05) is 12.1 Å². The van der Waals surface area contributed by atoms with Crippen molar-refractivity contribution in [1.82, 2.24) is 15.3 Å². The van der Waals surface area contributed by atoms with Crippen molar-refractivity contribution in [1.29, 1.82) is 0 Å². The molecule has 3 rings (SSSR count). The topological polar surface area (TPSA) is 101 Å². The number of aryl methyl sites for hydroxylation is 1. The summed E-state index contributed by atoms with van der Waals surface area (Å²) in [5, 5.41) is 3.29. The molecule has 1 heterocycles. The molecule has 126 valence electrons. The Hall–Kier alpha value is -2.70. The maximum atomic E-state index is 12.0. The molecule has 1 aromatic heterocycles. The van der Waals surface area contributed by atoms with Gasteiger partial charge in [-0.2, -0.15) is 0 Å². The third-order valence-electron chi connectivity index (χ3n) is 3.83. The lowest BCUT2D eigenvalue weighted by Crippen LogP contribution is -2.37. The number of hydrogen-bond acceptors (Lipinski definition) is 5. The molecular weight excluding hydrogens is 310 g/mol. The molecule has 2 aromatic rings. The van der Waals surface area contributed by atoms with Crippen LogP contribution in [0.3, 0.4) is 0 Å². The number of H-pyrrole nitrogens is 1. The molecule has 0 unspecified atom stereocenters. The van der Waals surface area contributed by atoms with Gasteiger partial charge in [0.2, 0.25) is 0 Å². The highest BCUT2D eigenvalue weighted by molar-refractivity contribution is 5.83. The number of nitrogens with one attached hydrogen (secondary N) is 2. The number of hydrogen-bond donors (Lipinski definition) is 2. The van der Waals surface area contributed by atoms with Crippen LogP contribution in [0.15, 0.2) is 29.1 Å². The first-order valence-electron chi connectivity index (χ1n) is 8.01. The van der Waals surface area contributed by atoms with Gasteiger partial charge in [0.05, 0.1) is 17.3 Å². The number of nitrogens with zero attached hydrogens (tertiary/aromatic N) is 1. The minimum absolute atomic E-state index is 0.0440. The third kappa shape index (κ3) is 3.98. The second-order valence-corrected chi connectivity index (χ2v) is 5.94. The predicted molar refractivity (Wildman–Crippen MR) is 87.4 cm³/mol. The van der Waals surface area contributed by atoms with Crippen molar-refractivity contribution < 1.29 is 14.3 Å². The molecule has 1 aliphatic rings. The number of aromatic amines is 1. The molecule has 1 fully saturated rings. The number of esters is 1. The highest BCUT2D eigenvalue weighted by atomic mass is 16.5. The zero-order valence-electron chi connectivity index (χ0n) is 13.4. The number of carbonyl (C=O) groups excluding carboxylic acids is 2. The van der Waals surface area contributed by atoms with Gasteiger partial charge in [-0.15, -0.1) is 0 Å². The van der Waals surface area contributed by atoms with Crippen molar-refractivity contribution in [2.45, 2.75) is 44.8 Å². The Balaban J connectivity index is 1.55. The summed E-state index contributed by atoms with van der Waals surface area (Å²) in [6.45, 7) is 1.55. The van der Waals surface area contributed by atoms with E-state index in [0.717, 1.165) is 12.8 Å². The van der Waals surface area contributed by atoms with Crippen LogP contribution in [0.2, 0.25) is 0 Å². The smallest absolute Gasteiger partial charge is 0.307 e. The number of benzene rings is 1. The fraction of sp³-hybridized carbons (Fsp3) is 0.412. The van der Waals surface area contributed by atoms with E-state index in [2.05, 4.69) is 15.3 Å². The average Bonchev–Trinajstić information content (AvgIpc) is 3.37. The summed E-state index contributed by atoms with van der Waals surface area (Å²) in [6.07, 6.45) is 1.43. The Morgan fingerprint density at radius 1 is 1.38 bits per heavy atom. The normalized spacial score (nSPS) is 15.0. The molecular formula is C17H19N3O4. The lowest BCUT2D eigenvalue weighted by atomic mass is 10.2. The Labute approximate surface area is 138 Å². The van der Waals surface area contributed by atoms with Crippen molar-refractivity contribution >= 4 is 22.8 Å². The zero-order valence-corrected chi connectivity index (χ0v) is 13.4. The lowest BCUT2D eigenvalue weighted by molar-refractivity contribution is -0.154. The van der Waals surface area contributed by atoms with E-state index in [-0.39, 0.29) is 30.3 Å². The monoisotopic (exact) mass is 329 g/mol. The third-order valence-corrected chi connectivity index (χ3v) is 3.83. The van der Waals surface area contributed by atoms with Crippen LogP contribution in [-0.2, 0) is 20.7 Å². The van der Waals surface area contributed by atoms with Crippen LogP contribution < -0.4 is 10.9 Å². The van der Waals surface area contributed by atoms with Crippen LogP contribution in [-0.4, -0.2) is 34.0 Å². The fourth-order valence-electron chi connectivity index (χ4n) is 2.33. The molecule has 7 heteroatoms. The standard InChI is InChI=1S/C17H19N3O4/c1-10(16(22)18-11-6-7-11)24-15(21)9-8-14-19-13-5-3-2-4-12(13)17(23)20-14/h2-5,10-11H,6-9H2,1H3,(H,18,22)(H,19,20,23)/t10-/m0/s1. The van der Waals surface area contributed by atoms with Gasteiger partial charge in [0.15, 0.2) is 6.10 Å². The van der Waals surface area contributed by atoms with Gasteiger partial charge >= 0.3 is 5.97 Å². The van der Waals surface area contributed by atoms with E-state index in [0.29, 0.717) is 16.7 Å². The van der Waals surface area contributed by atoms with Crippen molar-refractivity contribution in [2.75, 3.05) is 0 Å². The van der Waals surface area contributed by atoms with Crippen LogP contribution in [0.4, 0.5) is 0 Å². The summed E-state index contributed by atoms with van der Waals surface area (Å²) < 4.78 is 5.11. The van der Waals surface area contributed by atoms with E-state index in [4.69, 9.17) is 4.74 Å². The van der Waals surface area contributed by atoms with Crippen molar-refractivity contribution in [3.8, 4) is 0 Å². The summed E-state index contributed by atoms with van der Waals surface area (Å²) >= 11 is 0. The first-order chi connectivity index (χ1) is 11.5. The lowest BCUT2D eigenvalue weighted by Gasteiger charge is -2.13. The molecule has 0 radical (unpaired) electrons. The minimum atomic E-state index is -0.818. The number of carbonyl (C=O) groups is 2. The zero-order chi connectivity index (χ0) is 17.1. The SMILES string of the molecule is C[C@H](OC(=O)CCc1nc2ccccc2c(=O)[nH]1)C(=O)NC1CC1. The van der Waals surface area contributed by atoms with Crippen molar-refractivity contribution in [2.24, 2.45) is 0 Å². The highest BCUT2D eigenvalue weighted by Gasteiger charge is 2.27. The van der Waals surface area contributed by atoms with Crippen LogP contribution in [0, 0.1) is 0 Å². The minimum Gasteiger partial charge on any atom is -0.453 e. The second-order valence-electron chi connectivity index (χ2n) is 5.94. The molecule has 24 heavy (non-hydrogen) atoms. The molecule has 1 aromatic carbocycles. The van der Waals surface area contributed by atoms with E-state index in [1.54, 1.807) is 31.2 Å². The summed E-state index contributed by atoms with van der Waals surface area (Å²) in [7, 11) is 0. The van der Waals surface area contributed by atoms with Crippen LogP contribution >= 0.6 is 0 Å². The molecule has 0 saturated heterocycles. The molecule has 1 amide bonds. The highest BCUT2D eigenvalue weighted by Crippen LogP contribution is 2.18. The maximum Gasteiger partial charge on any atom is 0.307 e. The van der Waals surface area contributed by atoms with Gasteiger partial charge in [-0.25, -0.2) is 4.98 Å². The first-order valence-corrected chi connectivity index (χ1v) is 8.01. The van der Waals surface area contributed by atoms with Gasteiger partial charge in [-0.05, 0) is 31.9 Å². The number of ether oxygens (including phenoxy) is 1. The summed E-state index contributed by atoms with van der Waals surface area (Å²) in [5.41, 5.74) is 0.350. The van der Waals surface area contributed by atoms with Gasteiger partial charge in [0.1, 0.15) is 5.82 Å². The van der Waals surface area contributed by atoms with Crippen LogP contribution in [0.25, 0.3) is 10.9 Å². The Morgan fingerprint density at radius 2 is 2.12 bits per heavy atom. The Bertz CT molecular complexity index is 826. The van der Waals surface area contributed by atoms with Crippen molar-refractivity contribution in [3.05, 3.63) is 40.4 Å². The second kappa shape index (κ2) is 6.82. The quantitative estimate of drug-likeness (QED) is 0.772. The number of aromatic nitrogens is 2. The van der Waals surface area contributed by atoms with E-state index in [1.165, 1.54) is 0 Å².